The highest BCUT2D eigenvalue weighted by atomic mass is 35.5. The lowest BCUT2D eigenvalue weighted by Crippen LogP contribution is -2.48. The van der Waals surface area contributed by atoms with Crippen molar-refractivity contribution in [1.82, 2.24) is 0 Å². The number of halogens is 1. The molecule has 0 saturated heterocycles. The highest BCUT2D eigenvalue weighted by Gasteiger charge is 2.44. The SMILES string of the molecule is CC1CC(N(c2ccccc2)S(=O)(=O)c2ccc(Cl)cc2)c2ccccc2N1C(=O)C1CC1. The van der Waals surface area contributed by atoms with E-state index in [0.29, 0.717) is 17.1 Å². The summed E-state index contributed by atoms with van der Waals surface area (Å²) in [4.78, 5) is 15.2. The van der Waals surface area contributed by atoms with E-state index in [1.165, 1.54) is 16.4 Å². The molecule has 7 heteroatoms. The Hall–Kier alpha value is -2.83. The third kappa shape index (κ3) is 4.02. The summed E-state index contributed by atoms with van der Waals surface area (Å²) in [5.74, 6) is 0.223. The minimum absolute atomic E-state index is 0.0834. The van der Waals surface area contributed by atoms with E-state index >= 15 is 0 Å². The maximum Gasteiger partial charge on any atom is 0.264 e. The van der Waals surface area contributed by atoms with Gasteiger partial charge in [-0.3, -0.25) is 9.10 Å². The first-order valence-electron chi connectivity index (χ1n) is 11.1. The van der Waals surface area contributed by atoms with Crippen LogP contribution in [0.15, 0.2) is 83.8 Å². The summed E-state index contributed by atoms with van der Waals surface area (Å²) < 4.78 is 29.5. The number of sulfonamides is 1. The number of rotatable bonds is 5. The summed E-state index contributed by atoms with van der Waals surface area (Å²) in [6.07, 6.45) is 2.35. The van der Waals surface area contributed by atoms with E-state index in [9.17, 15) is 13.2 Å². The molecule has 1 aliphatic heterocycles. The van der Waals surface area contributed by atoms with Crippen molar-refractivity contribution in [3.63, 3.8) is 0 Å². The van der Waals surface area contributed by atoms with Crippen LogP contribution in [0.25, 0.3) is 0 Å². The third-order valence-electron chi connectivity index (χ3n) is 6.39. The van der Waals surface area contributed by atoms with Gasteiger partial charge in [0.25, 0.3) is 10.0 Å². The molecule has 33 heavy (non-hydrogen) atoms. The van der Waals surface area contributed by atoms with Crippen LogP contribution in [0.2, 0.25) is 5.02 Å². The van der Waals surface area contributed by atoms with Crippen molar-refractivity contribution in [3.8, 4) is 0 Å². The molecule has 170 valence electrons. The van der Waals surface area contributed by atoms with Crippen LogP contribution in [-0.4, -0.2) is 20.4 Å². The lowest BCUT2D eigenvalue weighted by atomic mass is 9.91. The number of amides is 1. The van der Waals surface area contributed by atoms with Crippen molar-refractivity contribution in [2.45, 2.75) is 43.2 Å². The largest absolute Gasteiger partial charge is 0.309 e. The minimum atomic E-state index is -3.91. The fourth-order valence-corrected chi connectivity index (χ4v) is 6.41. The molecule has 2 atom stereocenters. The number of hydrogen-bond donors (Lipinski definition) is 0. The zero-order valence-corrected chi connectivity index (χ0v) is 19.8. The fraction of sp³-hybridized carbons (Fsp3) is 0.269. The molecule has 2 unspecified atom stereocenters. The molecule has 1 amide bonds. The van der Waals surface area contributed by atoms with Gasteiger partial charge in [0.2, 0.25) is 5.91 Å². The third-order valence-corrected chi connectivity index (χ3v) is 8.49. The molecule has 1 aliphatic carbocycles. The number of para-hydroxylation sites is 2. The van der Waals surface area contributed by atoms with Gasteiger partial charge in [-0.15, -0.1) is 0 Å². The Morgan fingerprint density at radius 2 is 1.58 bits per heavy atom. The van der Waals surface area contributed by atoms with E-state index in [1.54, 1.807) is 12.1 Å². The number of anilines is 2. The molecule has 0 bridgehead atoms. The van der Waals surface area contributed by atoms with Crippen LogP contribution < -0.4 is 9.21 Å². The number of nitrogens with zero attached hydrogens (tertiary/aromatic N) is 2. The van der Waals surface area contributed by atoms with Crippen LogP contribution >= 0.6 is 11.6 Å². The Balaban J connectivity index is 1.66. The molecular weight excluding hydrogens is 456 g/mol. The van der Waals surface area contributed by atoms with Crippen molar-refractivity contribution < 1.29 is 13.2 Å². The predicted molar refractivity (Wildman–Crippen MR) is 131 cm³/mol. The molecular formula is C26H25ClN2O3S. The zero-order chi connectivity index (χ0) is 23.2. The summed E-state index contributed by atoms with van der Waals surface area (Å²) in [6.45, 7) is 2.00. The van der Waals surface area contributed by atoms with Gasteiger partial charge < -0.3 is 4.90 Å². The molecule has 5 rings (SSSR count). The van der Waals surface area contributed by atoms with E-state index in [4.69, 9.17) is 11.6 Å². The van der Waals surface area contributed by atoms with Crippen molar-refractivity contribution in [1.29, 1.82) is 0 Å². The second-order valence-electron chi connectivity index (χ2n) is 8.73. The Bertz CT molecular complexity index is 1270. The highest BCUT2D eigenvalue weighted by Crippen LogP contribution is 2.46. The Labute approximate surface area is 199 Å². The molecule has 3 aromatic carbocycles. The van der Waals surface area contributed by atoms with Crippen LogP contribution in [0.4, 0.5) is 11.4 Å². The van der Waals surface area contributed by atoms with E-state index in [1.807, 2.05) is 66.4 Å². The van der Waals surface area contributed by atoms with Crippen LogP contribution in [0, 0.1) is 5.92 Å². The molecule has 5 nitrogen and oxygen atoms in total. The second kappa shape index (κ2) is 8.50. The molecule has 0 spiro atoms. The first-order chi connectivity index (χ1) is 15.9. The van der Waals surface area contributed by atoms with Crippen LogP contribution in [-0.2, 0) is 14.8 Å². The first-order valence-corrected chi connectivity index (χ1v) is 13.0. The summed E-state index contributed by atoms with van der Waals surface area (Å²) in [6, 6.07) is 22.5. The number of benzene rings is 3. The van der Waals surface area contributed by atoms with Gasteiger partial charge in [0.05, 0.1) is 16.6 Å². The predicted octanol–water partition coefficient (Wildman–Crippen LogP) is 5.81. The lowest BCUT2D eigenvalue weighted by molar-refractivity contribution is -0.120. The number of carbonyl (C=O) groups excluding carboxylic acids is 1. The maximum absolute atomic E-state index is 14.0. The van der Waals surface area contributed by atoms with Gasteiger partial charge in [0.15, 0.2) is 0 Å². The van der Waals surface area contributed by atoms with Gasteiger partial charge in [-0.1, -0.05) is 48.0 Å². The summed E-state index contributed by atoms with van der Waals surface area (Å²) in [5, 5.41) is 0.478. The smallest absolute Gasteiger partial charge is 0.264 e. The number of hydrogen-bond acceptors (Lipinski definition) is 3. The normalized spacial score (nSPS) is 20.2. The van der Waals surface area contributed by atoms with E-state index in [2.05, 4.69) is 0 Å². The van der Waals surface area contributed by atoms with Crippen LogP contribution in [0.5, 0.6) is 0 Å². The fourth-order valence-electron chi connectivity index (χ4n) is 4.65. The first kappa shape index (κ1) is 22.0. The van der Waals surface area contributed by atoms with Crippen molar-refractivity contribution in [2.24, 2.45) is 5.92 Å². The van der Waals surface area contributed by atoms with Gasteiger partial charge in [-0.2, -0.15) is 0 Å². The second-order valence-corrected chi connectivity index (χ2v) is 11.0. The molecule has 0 aromatic heterocycles. The van der Waals surface area contributed by atoms with Gasteiger partial charge in [0, 0.05) is 22.7 Å². The molecule has 3 aromatic rings. The Kier molecular flexibility index (Phi) is 5.67. The maximum atomic E-state index is 14.0. The van der Waals surface area contributed by atoms with Gasteiger partial charge >= 0.3 is 0 Å². The number of fused-ring (bicyclic) bond motifs is 1. The van der Waals surface area contributed by atoms with E-state index in [0.717, 1.165) is 24.1 Å². The van der Waals surface area contributed by atoms with Crippen molar-refractivity contribution >= 4 is 38.9 Å². The van der Waals surface area contributed by atoms with Crippen molar-refractivity contribution in [2.75, 3.05) is 9.21 Å². The Morgan fingerprint density at radius 3 is 2.24 bits per heavy atom. The topological polar surface area (TPSA) is 57.7 Å². The standard InChI is InChI=1S/C26H25ClN2O3S/c1-18-17-25(23-9-5-6-10-24(23)28(18)26(30)19-11-12-19)29(21-7-3-2-4-8-21)33(31,32)22-15-13-20(27)14-16-22/h2-10,13-16,18-19,25H,11-12,17H2,1H3. The molecule has 2 aliphatic rings. The zero-order valence-electron chi connectivity index (χ0n) is 18.3. The van der Waals surface area contributed by atoms with Gasteiger partial charge in [-0.05, 0) is 74.2 Å². The summed E-state index contributed by atoms with van der Waals surface area (Å²) >= 11 is 6.02. The van der Waals surface area contributed by atoms with Gasteiger partial charge in [-0.25, -0.2) is 8.42 Å². The quantitative estimate of drug-likeness (QED) is 0.463. The minimum Gasteiger partial charge on any atom is -0.309 e. The summed E-state index contributed by atoms with van der Waals surface area (Å²) in [5.41, 5.74) is 2.22. The molecule has 0 radical (unpaired) electrons. The van der Waals surface area contributed by atoms with Crippen LogP contribution in [0.3, 0.4) is 0 Å². The van der Waals surface area contributed by atoms with E-state index in [-0.39, 0.29) is 22.8 Å². The number of carbonyl (C=O) groups is 1. The molecule has 1 saturated carbocycles. The highest BCUT2D eigenvalue weighted by molar-refractivity contribution is 7.92. The average molecular weight is 481 g/mol. The van der Waals surface area contributed by atoms with E-state index < -0.39 is 16.1 Å². The average Bonchev–Trinajstić information content (AvgIpc) is 3.65. The molecule has 1 heterocycles. The van der Waals surface area contributed by atoms with Crippen molar-refractivity contribution in [3.05, 3.63) is 89.4 Å². The summed E-state index contributed by atoms with van der Waals surface area (Å²) in [7, 11) is -3.91. The Morgan fingerprint density at radius 1 is 0.939 bits per heavy atom. The lowest BCUT2D eigenvalue weighted by Gasteiger charge is -2.43. The molecule has 0 N–H and O–H groups in total. The van der Waals surface area contributed by atoms with Gasteiger partial charge in [0.1, 0.15) is 0 Å². The molecule has 1 fully saturated rings. The van der Waals surface area contributed by atoms with Crippen LogP contribution in [0.1, 0.15) is 37.8 Å². The monoisotopic (exact) mass is 480 g/mol.